The molecular weight excluding hydrogens is 173 g/mol. The van der Waals surface area contributed by atoms with Crippen molar-refractivity contribution in [2.75, 3.05) is 12.4 Å². The molecule has 0 aromatic heterocycles. The van der Waals surface area contributed by atoms with Crippen molar-refractivity contribution in [1.82, 2.24) is 5.06 Å². The molecule has 0 spiro atoms. The van der Waals surface area contributed by atoms with Crippen LogP contribution in [0.3, 0.4) is 0 Å². The fourth-order valence-electron chi connectivity index (χ4n) is 0.775. The first-order valence-corrected chi connectivity index (χ1v) is 4.02. The van der Waals surface area contributed by atoms with Gasteiger partial charge in [-0.3, -0.25) is 0 Å². The Morgan fingerprint density at radius 1 is 1.80 bits per heavy atom. The topological polar surface area (TPSA) is 12.5 Å². The lowest BCUT2D eigenvalue weighted by Crippen LogP contribution is -2.29. The van der Waals surface area contributed by atoms with Crippen molar-refractivity contribution < 1.29 is 4.84 Å². The standard InChI is InChI=1S/C6H9Cl2NO/c1-5-6(8)4-10-9(5)3-2-7/h4-5H,2-3H2,1H3. The molecule has 0 bridgehead atoms. The van der Waals surface area contributed by atoms with Crippen molar-refractivity contribution in [3.8, 4) is 0 Å². The molecule has 2 nitrogen and oxygen atoms in total. The number of hydrogen-bond acceptors (Lipinski definition) is 2. The Kier molecular flexibility index (Phi) is 2.83. The molecule has 0 saturated heterocycles. The van der Waals surface area contributed by atoms with Crippen molar-refractivity contribution in [1.29, 1.82) is 0 Å². The van der Waals surface area contributed by atoms with E-state index in [1.54, 1.807) is 11.3 Å². The van der Waals surface area contributed by atoms with Gasteiger partial charge in [-0.1, -0.05) is 11.6 Å². The third-order valence-corrected chi connectivity index (χ3v) is 2.01. The quantitative estimate of drug-likeness (QED) is 0.605. The summed E-state index contributed by atoms with van der Waals surface area (Å²) in [5, 5.41) is 2.47. The van der Waals surface area contributed by atoms with Gasteiger partial charge in [0.1, 0.15) is 6.26 Å². The minimum atomic E-state index is 0.153. The Balaban J connectivity index is 2.40. The third kappa shape index (κ3) is 1.57. The van der Waals surface area contributed by atoms with Crippen molar-refractivity contribution in [2.24, 2.45) is 0 Å². The lowest BCUT2D eigenvalue weighted by molar-refractivity contribution is -0.0943. The molecule has 1 atom stereocenters. The van der Waals surface area contributed by atoms with Crippen LogP contribution in [-0.4, -0.2) is 23.5 Å². The van der Waals surface area contributed by atoms with Gasteiger partial charge >= 0.3 is 0 Å². The van der Waals surface area contributed by atoms with E-state index >= 15 is 0 Å². The first kappa shape index (κ1) is 8.18. The van der Waals surface area contributed by atoms with Gasteiger partial charge in [-0.25, -0.2) is 0 Å². The van der Waals surface area contributed by atoms with E-state index < -0.39 is 0 Å². The van der Waals surface area contributed by atoms with E-state index in [9.17, 15) is 0 Å². The summed E-state index contributed by atoms with van der Waals surface area (Å²) >= 11 is 11.3. The first-order chi connectivity index (χ1) is 4.75. The van der Waals surface area contributed by atoms with Crippen LogP contribution in [0.2, 0.25) is 0 Å². The summed E-state index contributed by atoms with van der Waals surface area (Å²) in [6.45, 7) is 2.67. The fraction of sp³-hybridized carbons (Fsp3) is 0.667. The van der Waals surface area contributed by atoms with E-state index in [1.807, 2.05) is 6.92 Å². The minimum Gasteiger partial charge on any atom is -0.412 e. The zero-order chi connectivity index (χ0) is 7.56. The van der Waals surface area contributed by atoms with Crippen molar-refractivity contribution >= 4 is 23.2 Å². The van der Waals surface area contributed by atoms with E-state index in [-0.39, 0.29) is 6.04 Å². The summed E-state index contributed by atoms with van der Waals surface area (Å²) in [6, 6.07) is 0.153. The summed E-state index contributed by atoms with van der Waals surface area (Å²) in [5.41, 5.74) is 0. The molecule has 1 unspecified atom stereocenters. The van der Waals surface area contributed by atoms with Crippen molar-refractivity contribution in [3.05, 3.63) is 11.3 Å². The molecule has 0 radical (unpaired) electrons. The van der Waals surface area contributed by atoms with Gasteiger partial charge in [-0.15, -0.1) is 16.7 Å². The highest BCUT2D eigenvalue weighted by atomic mass is 35.5. The molecule has 0 aliphatic carbocycles. The average molecular weight is 182 g/mol. The Bertz CT molecular complexity index is 149. The van der Waals surface area contributed by atoms with E-state index in [0.717, 1.165) is 5.03 Å². The number of nitrogens with zero attached hydrogens (tertiary/aromatic N) is 1. The van der Waals surface area contributed by atoms with Crippen LogP contribution in [0, 0.1) is 0 Å². The predicted molar refractivity (Wildman–Crippen MR) is 41.9 cm³/mol. The van der Waals surface area contributed by atoms with Crippen LogP contribution in [0.15, 0.2) is 11.3 Å². The predicted octanol–water partition coefficient (Wildman–Crippen LogP) is 1.94. The lowest BCUT2D eigenvalue weighted by Gasteiger charge is -2.17. The van der Waals surface area contributed by atoms with Gasteiger partial charge in [0.05, 0.1) is 11.1 Å². The van der Waals surface area contributed by atoms with Gasteiger partial charge in [0.15, 0.2) is 0 Å². The fourth-order valence-corrected chi connectivity index (χ4v) is 1.09. The second-order valence-electron chi connectivity index (χ2n) is 2.11. The maximum absolute atomic E-state index is 5.74. The smallest absolute Gasteiger partial charge is 0.127 e. The Morgan fingerprint density at radius 2 is 2.50 bits per heavy atom. The van der Waals surface area contributed by atoms with E-state index in [0.29, 0.717) is 12.4 Å². The van der Waals surface area contributed by atoms with Gasteiger partial charge < -0.3 is 4.84 Å². The highest BCUT2D eigenvalue weighted by Crippen LogP contribution is 2.21. The molecule has 0 fully saturated rings. The molecule has 1 heterocycles. The normalized spacial score (nSPS) is 26.3. The molecule has 1 aliphatic rings. The van der Waals surface area contributed by atoms with Crippen molar-refractivity contribution in [2.45, 2.75) is 13.0 Å². The summed E-state index contributed by atoms with van der Waals surface area (Å²) in [6.07, 6.45) is 1.54. The minimum absolute atomic E-state index is 0.153. The summed E-state index contributed by atoms with van der Waals surface area (Å²) in [7, 11) is 0. The summed E-state index contributed by atoms with van der Waals surface area (Å²) < 4.78 is 0. The molecule has 0 amide bonds. The Labute approximate surface area is 70.3 Å². The molecule has 4 heteroatoms. The zero-order valence-corrected chi connectivity index (χ0v) is 7.19. The van der Waals surface area contributed by atoms with Crippen LogP contribution in [-0.2, 0) is 4.84 Å². The Hall–Kier alpha value is 0.0800. The molecule has 0 aromatic carbocycles. The second-order valence-corrected chi connectivity index (χ2v) is 2.93. The summed E-state index contributed by atoms with van der Waals surface area (Å²) in [5.74, 6) is 0.558. The van der Waals surface area contributed by atoms with Crippen LogP contribution in [0.1, 0.15) is 6.92 Å². The van der Waals surface area contributed by atoms with Gasteiger partial charge in [0.2, 0.25) is 0 Å². The van der Waals surface area contributed by atoms with Gasteiger partial charge in [0.25, 0.3) is 0 Å². The van der Waals surface area contributed by atoms with Crippen LogP contribution >= 0.6 is 23.2 Å². The highest BCUT2D eigenvalue weighted by Gasteiger charge is 2.22. The van der Waals surface area contributed by atoms with Crippen LogP contribution in [0.5, 0.6) is 0 Å². The monoisotopic (exact) mass is 181 g/mol. The lowest BCUT2D eigenvalue weighted by atomic mass is 10.3. The third-order valence-electron chi connectivity index (χ3n) is 1.44. The molecule has 0 aromatic rings. The van der Waals surface area contributed by atoms with Crippen LogP contribution in [0.25, 0.3) is 0 Å². The maximum atomic E-state index is 5.74. The molecule has 1 rings (SSSR count). The van der Waals surface area contributed by atoms with Gasteiger partial charge in [-0.05, 0) is 6.92 Å². The van der Waals surface area contributed by atoms with E-state index in [2.05, 4.69) is 0 Å². The largest absolute Gasteiger partial charge is 0.412 e. The van der Waals surface area contributed by atoms with E-state index in [1.165, 1.54) is 0 Å². The first-order valence-electron chi connectivity index (χ1n) is 3.10. The average Bonchev–Trinajstić information content (AvgIpc) is 2.20. The molecule has 10 heavy (non-hydrogen) atoms. The number of hydrogen-bond donors (Lipinski definition) is 0. The van der Waals surface area contributed by atoms with Crippen LogP contribution < -0.4 is 0 Å². The summed E-state index contributed by atoms with van der Waals surface area (Å²) in [4.78, 5) is 5.07. The van der Waals surface area contributed by atoms with Crippen molar-refractivity contribution in [3.63, 3.8) is 0 Å². The van der Waals surface area contributed by atoms with E-state index in [4.69, 9.17) is 28.0 Å². The molecule has 0 N–H and O–H groups in total. The molecular formula is C6H9Cl2NO. The number of rotatable bonds is 2. The maximum Gasteiger partial charge on any atom is 0.127 e. The van der Waals surface area contributed by atoms with Gasteiger partial charge in [-0.2, -0.15) is 0 Å². The molecule has 1 aliphatic heterocycles. The number of alkyl halides is 1. The molecule has 58 valence electrons. The zero-order valence-electron chi connectivity index (χ0n) is 5.68. The van der Waals surface area contributed by atoms with Gasteiger partial charge in [0, 0.05) is 12.4 Å². The Morgan fingerprint density at radius 3 is 2.90 bits per heavy atom. The highest BCUT2D eigenvalue weighted by molar-refractivity contribution is 6.30. The molecule has 0 saturated carbocycles. The van der Waals surface area contributed by atoms with Crippen LogP contribution in [0.4, 0.5) is 0 Å². The number of halogens is 2. The second kappa shape index (κ2) is 3.46. The SMILES string of the molecule is CC1C(Cl)=CON1CCCl. The number of hydroxylamine groups is 2.